The van der Waals surface area contributed by atoms with Crippen molar-refractivity contribution in [3.8, 4) is 0 Å². The van der Waals surface area contributed by atoms with Gasteiger partial charge in [0.25, 0.3) is 0 Å². The molecule has 0 radical (unpaired) electrons. The summed E-state index contributed by atoms with van der Waals surface area (Å²) >= 11 is 0. The van der Waals surface area contributed by atoms with Crippen LogP contribution in [0.5, 0.6) is 0 Å². The smallest absolute Gasteiger partial charge is 0.317 e. The van der Waals surface area contributed by atoms with E-state index in [1.54, 1.807) is 11.9 Å². The SMILES string of the molecule is C[C@@H](NC(=O)N(C)CC1(O)CCCCCC1)[C@H](C)N1CCOCC1. The summed E-state index contributed by atoms with van der Waals surface area (Å²) in [5.74, 6) is 0. The van der Waals surface area contributed by atoms with Gasteiger partial charge in [0.2, 0.25) is 0 Å². The number of ether oxygens (including phenoxy) is 1. The van der Waals surface area contributed by atoms with Crippen LogP contribution in [0.25, 0.3) is 0 Å². The highest BCUT2D eigenvalue weighted by molar-refractivity contribution is 5.74. The Bertz CT molecular complexity index is 391. The molecule has 2 fully saturated rings. The fourth-order valence-electron chi connectivity index (χ4n) is 3.78. The number of urea groups is 1. The maximum Gasteiger partial charge on any atom is 0.317 e. The van der Waals surface area contributed by atoms with Crippen molar-refractivity contribution in [2.24, 2.45) is 0 Å². The minimum Gasteiger partial charge on any atom is -0.388 e. The van der Waals surface area contributed by atoms with Crippen LogP contribution in [-0.2, 0) is 4.74 Å². The summed E-state index contributed by atoms with van der Waals surface area (Å²) in [6.07, 6.45) is 6.07. The number of hydrogen-bond donors (Lipinski definition) is 2. The predicted octanol–water partition coefficient (Wildman–Crippen LogP) is 1.82. The fraction of sp³-hybridized carbons (Fsp3) is 0.944. The lowest BCUT2D eigenvalue weighted by Gasteiger charge is -2.37. The Balaban J connectivity index is 1.81. The Hall–Kier alpha value is -0.850. The van der Waals surface area contributed by atoms with Crippen LogP contribution in [-0.4, -0.2) is 78.5 Å². The van der Waals surface area contributed by atoms with E-state index in [1.165, 1.54) is 12.8 Å². The van der Waals surface area contributed by atoms with E-state index in [4.69, 9.17) is 4.74 Å². The first-order valence-corrected chi connectivity index (χ1v) is 9.47. The van der Waals surface area contributed by atoms with E-state index in [-0.39, 0.29) is 18.1 Å². The summed E-state index contributed by atoms with van der Waals surface area (Å²) in [5, 5.41) is 13.9. The first kappa shape index (κ1) is 19.5. The van der Waals surface area contributed by atoms with Gasteiger partial charge in [-0.2, -0.15) is 0 Å². The number of rotatable bonds is 5. The Labute approximate surface area is 146 Å². The van der Waals surface area contributed by atoms with E-state index >= 15 is 0 Å². The predicted molar refractivity (Wildman–Crippen MR) is 95.1 cm³/mol. The van der Waals surface area contributed by atoms with Crippen molar-refractivity contribution in [3.63, 3.8) is 0 Å². The van der Waals surface area contributed by atoms with Gasteiger partial charge in [-0.05, 0) is 26.7 Å². The molecule has 2 amide bonds. The lowest BCUT2D eigenvalue weighted by Crippen LogP contribution is -2.55. The topological polar surface area (TPSA) is 65.0 Å². The summed E-state index contributed by atoms with van der Waals surface area (Å²) in [6, 6.07) is 0.231. The van der Waals surface area contributed by atoms with Gasteiger partial charge in [-0.15, -0.1) is 0 Å². The van der Waals surface area contributed by atoms with Gasteiger partial charge < -0.3 is 20.1 Å². The Kier molecular flexibility index (Phi) is 7.32. The minimum absolute atomic E-state index is 0.0572. The van der Waals surface area contributed by atoms with Crippen molar-refractivity contribution in [1.82, 2.24) is 15.1 Å². The number of amides is 2. The van der Waals surface area contributed by atoms with Crippen molar-refractivity contribution in [2.75, 3.05) is 39.9 Å². The molecule has 140 valence electrons. The van der Waals surface area contributed by atoms with E-state index < -0.39 is 5.60 Å². The molecule has 2 rings (SSSR count). The second kappa shape index (κ2) is 9.02. The van der Waals surface area contributed by atoms with Crippen molar-refractivity contribution in [3.05, 3.63) is 0 Å². The standard InChI is InChI=1S/C18H35N3O3/c1-15(16(2)21-10-12-24-13-11-21)19-17(22)20(3)14-18(23)8-6-4-5-7-9-18/h15-16,23H,4-14H2,1-3H3,(H,19,22)/t15-,16+/m1/s1. The van der Waals surface area contributed by atoms with Crippen LogP contribution < -0.4 is 5.32 Å². The number of nitrogens with one attached hydrogen (secondary N) is 1. The highest BCUT2D eigenvalue weighted by Gasteiger charge is 2.31. The van der Waals surface area contributed by atoms with Crippen molar-refractivity contribution < 1.29 is 14.6 Å². The molecule has 1 saturated carbocycles. The maximum absolute atomic E-state index is 12.5. The number of hydrogen-bond acceptors (Lipinski definition) is 4. The molecule has 24 heavy (non-hydrogen) atoms. The molecule has 0 aromatic heterocycles. The number of nitrogens with zero attached hydrogens (tertiary/aromatic N) is 2. The third-order valence-electron chi connectivity index (χ3n) is 5.61. The van der Waals surface area contributed by atoms with E-state index in [0.717, 1.165) is 52.0 Å². The second-order valence-electron chi connectivity index (χ2n) is 7.62. The van der Waals surface area contributed by atoms with Crippen LogP contribution in [0.2, 0.25) is 0 Å². The molecule has 0 spiro atoms. The van der Waals surface area contributed by atoms with Gasteiger partial charge in [0.1, 0.15) is 0 Å². The van der Waals surface area contributed by atoms with Crippen LogP contribution in [0.15, 0.2) is 0 Å². The monoisotopic (exact) mass is 341 g/mol. The number of morpholine rings is 1. The Morgan fingerprint density at radius 3 is 2.38 bits per heavy atom. The molecule has 1 aliphatic carbocycles. The maximum atomic E-state index is 12.5. The zero-order chi connectivity index (χ0) is 17.6. The fourth-order valence-corrected chi connectivity index (χ4v) is 3.78. The van der Waals surface area contributed by atoms with E-state index in [1.807, 2.05) is 6.92 Å². The third-order valence-corrected chi connectivity index (χ3v) is 5.61. The molecule has 6 nitrogen and oxygen atoms in total. The van der Waals surface area contributed by atoms with Crippen molar-refractivity contribution >= 4 is 6.03 Å². The molecule has 2 N–H and O–H groups in total. The number of carbonyl (C=O) groups is 1. The molecule has 1 saturated heterocycles. The summed E-state index contributed by atoms with van der Waals surface area (Å²) in [4.78, 5) is 16.5. The number of carbonyl (C=O) groups excluding carboxylic acids is 1. The van der Waals surface area contributed by atoms with Gasteiger partial charge in [-0.25, -0.2) is 4.79 Å². The third kappa shape index (κ3) is 5.60. The van der Waals surface area contributed by atoms with E-state index in [2.05, 4.69) is 17.1 Å². The van der Waals surface area contributed by atoms with Gasteiger partial charge in [-0.3, -0.25) is 4.90 Å². The average Bonchev–Trinajstić information content (AvgIpc) is 2.79. The zero-order valence-corrected chi connectivity index (χ0v) is 15.6. The first-order chi connectivity index (χ1) is 11.4. The lowest BCUT2D eigenvalue weighted by molar-refractivity contribution is 0.00246. The molecule has 6 heteroatoms. The molecule has 0 bridgehead atoms. The Morgan fingerprint density at radius 1 is 1.21 bits per heavy atom. The average molecular weight is 341 g/mol. The van der Waals surface area contributed by atoms with Gasteiger partial charge in [0.15, 0.2) is 0 Å². The normalized spacial score (nSPS) is 24.7. The van der Waals surface area contributed by atoms with E-state index in [0.29, 0.717) is 6.54 Å². The minimum atomic E-state index is -0.721. The van der Waals surface area contributed by atoms with Crippen LogP contribution in [0.1, 0.15) is 52.4 Å². The number of likely N-dealkylation sites (N-methyl/N-ethyl adjacent to an activating group) is 1. The Morgan fingerprint density at radius 2 is 1.79 bits per heavy atom. The van der Waals surface area contributed by atoms with Gasteiger partial charge in [0.05, 0.1) is 25.4 Å². The highest BCUT2D eigenvalue weighted by atomic mass is 16.5. The van der Waals surface area contributed by atoms with Crippen molar-refractivity contribution in [1.29, 1.82) is 0 Å². The second-order valence-corrected chi connectivity index (χ2v) is 7.62. The molecule has 0 aromatic rings. The van der Waals surface area contributed by atoms with Crippen molar-refractivity contribution in [2.45, 2.75) is 70.1 Å². The summed E-state index contributed by atoms with van der Waals surface area (Å²) in [7, 11) is 1.78. The summed E-state index contributed by atoms with van der Waals surface area (Å²) in [6.45, 7) is 7.96. The molecular formula is C18H35N3O3. The highest BCUT2D eigenvalue weighted by Crippen LogP contribution is 2.27. The summed E-state index contributed by atoms with van der Waals surface area (Å²) < 4.78 is 5.39. The molecule has 0 aromatic carbocycles. The van der Waals surface area contributed by atoms with Crippen LogP contribution in [0.3, 0.4) is 0 Å². The van der Waals surface area contributed by atoms with Crippen LogP contribution in [0, 0.1) is 0 Å². The lowest BCUT2D eigenvalue weighted by atomic mass is 9.94. The first-order valence-electron chi connectivity index (χ1n) is 9.47. The molecule has 1 heterocycles. The van der Waals surface area contributed by atoms with Crippen LogP contribution >= 0.6 is 0 Å². The van der Waals surface area contributed by atoms with Crippen LogP contribution in [0.4, 0.5) is 4.79 Å². The van der Waals surface area contributed by atoms with Gasteiger partial charge >= 0.3 is 6.03 Å². The molecule has 2 aliphatic rings. The molecular weight excluding hydrogens is 306 g/mol. The van der Waals surface area contributed by atoms with E-state index in [9.17, 15) is 9.90 Å². The largest absolute Gasteiger partial charge is 0.388 e. The zero-order valence-electron chi connectivity index (χ0n) is 15.6. The van der Waals surface area contributed by atoms with Gasteiger partial charge in [0, 0.05) is 32.2 Å². The number of aliphatic hydroxyl groups is 1. The quantitative estimate of drug-likeness (QED) is 0.749. The molecule has 2 atom stereocenters. The van der Waals surface area contributed by atoms with Gasteiger partial charge in [-0.1, -0.05) is 25.7 Å². The molecule has 0 unspecified atom stereocenters. The molecule has 1 aliphatic heterocycles. The summed E-state index contributed by atoms with van der Waals surface area (Å²) in [5.41, 5.74) is -0.721.